The van der Waals surface area contributed by atoms with E-state index in [4.69, 9.17) is 23.7 Å². The van der Waals surface area contributed by atoms with Gasteiger partial charge >= 0.3 is 0 Å². The van der Waals surface area contributed by atoms with Crippen LogP contribution in [-0.2, 0) is 42.7 Å². The van der Waals surface area contributed by atoms with Crippen molar-refractivity contribution in [2.24, 2.45) is 0 Å². The van der Waals surface area contributed by atoms with Crippen molar-refractivity contribution in [1.29, 1.82) is 0 Å². The quantitative estimate of drug-likeness (QED) is 0.486. The van der Waals surface area contributed by atoms with Gasteiger partial charge in [0.25, 0.3) is 0 Å². The smallest absolute Gasteiger partial charge is 0.220 e. The van der Waals surface area contributed by atoms with Crippen LogP contribution in [0.5, 0.6) is 28.7 Å². The SMILES string of the molecule is COC1=C[C@@]23CCN(C)[C@@H](Cc4ccc(OC)c(Oc5cc(OC)c(O)c6c5C[C@H]5C7=CC(=O)C(OC)=C[C@@]76CCN5C)c42)C3=CC1=O. The van der Waals surface area contributed by atoms with E-state index in [1.165, 1.54) is 21.3 Å². The predicted molar refractivity (Wildman–Crippen MR) is 177 cm³/mol. The third kappa shape index (κ3) is 3.99. The van der Waals surface area contributed by atoms with Crippen LogP contribution in [0.1, 0.15) is 35.1 Å². The summed E-state index contributed by atoms with van der Waals surface area (Å²) in [6.07, 6.45) is 9.88. The van der Waals surface area contributed by atoms with Gasteiger partial charge in [-0.3, -0.25) is 19.4 Å². The molecule has 0 amide bonds. The zero-order valence-electron chi connectivity index (χ0n) is 28.1. The lowest BCUT2D eigenvalue weighted by Crippen LogP contribution is -2.54. The number of allylic oxidation sites excluding steroid dienone is 4. The molecule has 10 nitrogen and oxygen atoms in total. The number of nitrogens with zero attached hydrogens (tertiary/aromatic N) is 2. The highest BCUT2D eigenvalue weighted by molar-refractivity contribution is 6.06. The van der Waals surface area contributed by atoms with Crippen molar-refractivity contribution < 1.29 is 38.4 Å². The van der Waals surface area contributed by atoms with E-state index < -0.39 is 10.8 Å². The zero-order valence-corrected chi connectivity index (χ0v) is 28.1. The summed E-state index contributed by atoms with van der Waals surface area (Å²) in [6.45, 7) is 1.58. The zero-order chi connectivity index (χ0) is 33.7. The minimum Gasteiger partial charge on any atom is -0.504 e. The normalized spacial score (nSPS) is 28.8. The summed E-state index contributed by atoms with van der Waals surface area (Å²) in [5, 5.41) is 11.9. The fourth-order valence-electron chi connectivity index (χ4n) is 9.32. The molecule has 6 aliphatic rings. The number of aromatic hydroxyl groups is 1. The number of phenolic OH excluding ortho intramolecular Hbond substituents is 1. The molecule has 48 heavy (non-hydrogen) atoms. The van der Waals surface area contributed by atoms with E-state index >= 15 is 0 Å². The molecule has 2 aromatic rings. The third-order valence-corrected chi connectivity index (χ3v) is 11.7. The van der Waals surface area contributed by atoms with E-state index in [-0.39, 0.29) is 40.9 Å². The van der Waals surface area contributed by atoms with Crippen molar-refractivity contribution in [2.45, 2.75) is 48.6 Å². The molecule has 8 rings (SSSR count). The van der Waals surface area contributed by atoms with Crippen LogP contribution >= 0.6 is 0 Å². The molecular weight excluding hydrogens is 612 g/mol. The molecule has 4 atom stereocenters. The van der Waals surface area contributed by atoms with Gasteiger partial charge in [0.2, 0.25) is 11.6 Å². The molecule has 2 aliphatic heterocycles. The van der Waals surface area contributed by atoms with Gasteiger partial charge in [0.05, 0.1) is 28.4 Å². The number of ketones is 2. The van der Waals surface area contributed by atoms with Crippen LogP contribution in [-0.4, -0.2) is 94.2 Å². The summed E-state index contributed by atoms with van der Waals surface area (Å²) in [7, 11) is 10.4. The maximum atomic E-state index is 13.2. The van der Waals surface area contributed by atoms with Gasteiger partial charge in [0.15, 0.2) is 34.5 Å². The van der Waals surface area contributed by atoms with Crippen LogP contribution < -0.4 is 14.2 Å². The molecule has 1 N–H and O–H groups in total. The molecule has 0 spiro atoms. The van der Waals surface area contributed by atoms with Crippen LogP contribution in [0.25, 0.3) is 0 Å². The van der Waals surface area contributed by atoms with E-state index in [9.17, 15) is 14.7 Å². The summed E-state index contributed by atoms with van der Waals surface area (Å²) in [5.74, 6) is 2.20. The monoisotopic (exact) mass is 652 g/mol. The standard InChI is InChI=1S/C38H40N2O8/c1-39-11-9-37-18-31(46-5)26(41)15-22(37)24(39)13-20-7-8-28(44-3)36(33(20)37)48-29-17-30(45-4)35(43)34-21(29)14-25-23-16-27(42)32(47-6)19-38(23,34)10-12-40(25)2/h7-8,15-19,24-25,43H,9-14H2,1-6H3/t24-,25-,37+,38-/m0/s1. The Kier molecular flexibility index (Phi) is 6.88. The molecule has 10 heteroatoms. The largest absolute Gasteiger partial charge is 0.504 e. The second-order valence-corrected chi connectivity index (χ2v) is 13.7. The number of methoxy groups -OCH3 is 4. The first-order chi connectivity index (χ1) is 23.1. The molecule has 2 heterocycles. The maximum absolute atomic E-state index is 13.2. The van der Waals surface area contributed by atoms with E-state index in [0.29, 0.717) is 47.8 Å². The fourth-order valence-corrected chi connectivity index (χ4v) is 9.32. The molecule has 0 aromatic heterocycles. The molecule has 0 saturated carbocycles. The van der Waals surface area contributed by atoms with E-state index in [1.807, 2.05) is 18.2 Å². The van der Waals surface area contributed by atoms with Crippen molar-refractivity contribution in [3.05, 3.63) is 87.4 Å². The maximum Gasteiger partial charge on any atom is 0.220 e. The average molecular weight is 653 g/mol. The van der Waals surface area contributed by atoms with Crippen LogP contribution in [0.2, 0.25) is 0 Å². The van der Waals surface area contributed by atoms with Crippen molar-refractivity contribution in [1.82, 2.24) is 9.80 Å². The van der Waals surface area contributed by atoms with Gasteiger partial charge in [-0.15, -0.1) is 0 Å². The number of fused-ring (bicyclic) bond motifs is 2. The van der Waals surface area contributed by atoms with Gasteiger partial charge < -0.3 is 28.8 Å². The van der Waals surface area contributed by atoms with Crippen molar-refractivity contribution in [3.63, 3.8) is 0 Å². The first-order valence-corrected chi connectivity index (χ1v) is 16.4. The second-order valence-electron chi connectivity index (χ2n) is 13.7. The van der Waals surface area contributed by atoms with Crippen molar-refractivity contribution >= 4 is 11.6 Å². The average Bonchev–Trinajstić information content (AvgIpc) is 3.08. The highest BCUT2D eigenvalue weighted by atomic mass is 16.5. The number of rotatable bonds is 6. The summed E-state index contributed by atoms with van der Waals surface area (Å²) in [5.41, 5.74) is 4.12. The van der Waals surface area contributed by atoms with Crippen LogP contribution in [0.3, 0.4) is 0 Å². The highest BCUT2D eigenvalue weighted by Gasteiger charge is 2.55. The fraction of sp³-hybridized carbons (Fsp3) is 0.421. The minimum atomic E-state index is -0.781. The van der Waals surface area contributed by atoms with E-state index in [0.717, 1.165) is 47.3 Å². The molecule has 2 saturated heterocycles. The Balaban J connectivity index is 1.38. The Morgan fingerprint density at radius 1 is 0.729 bits per heavy atom. The number of ether oxygens (including phenoxy) is 5. The molecule has 250 valence electrons. The number of hydrogen-bond donors (Lipinski definition) is 1. The van der Waals surface area contributed by atoms with Gasteiger partial charge in [-0.05, 0) is 99.9 Å². The second kappa shape index (κ2) is 10.7. The molecule has 2 aromatic carbocycles. The van der Waals surface area contributed by atoms with E-state index in [1.54, 1.807) is 25.3 Å². The predicted octanol–water partition coefficient (Wildman–Crippen LogP) is 4.28. The molecule has 0 unspecified atom stereocenters. The van der Waals surface area contributed by atoms with E-state index in [2.05, 4.69) is 30.0 Å². The number of piperidine rings is 2. The Morgan fingerprint density at radius 3 is 1.85 bits per heavy atom. The van der Waals surface area contributed by atoms with Gasteiger partial charge in [-0.25, -0.2) is 0 Å². The topological polar surface area (TPSA) is 107 Å². The molecule has 4 aliphatic carbocycles. The summed E-state index contributed by atoms with van der Waals surface area (Å²) < 4.78 is 30.1. The number of hydrogen-bond acceptors (Lipinski definition) is 10. The summed E-state index contributed by atoms with van der Waals surface area (Å²) in [4.78, 5) is 30.8. The first kappa shape index (κ1) is 30.8. The lowest BCUT2D eigenvalue weighted by atomic mass is 9.58. The third-order valence-electron chi connectivity index (χ3n) is 11.7. The van der Waals surface area contributed by atoms with Gasteiger partial charge in [0.1, 0.15) is 5.75 Å². The highest BCUT2D eigenvalue weighted by Crippen LogP contribution is 2.60. The number of likely N-dealkylation sites (N-methyl/N-ethyl adjacent to an activating group) is 2. The molecular formula is C38H40N2O8. The summed E-state index contributed by atoms with van der Waals surface area (Å²) in [6, 6.07) is 5.75. The number of carbonyl (C=O) groups excluding carboxylic acids is 2. The summed E-state index contributed by atoms with van der Waals surface area (Å²) >= 11 is 0. The Bertz CT molecular complexity index is 1920. The Hall–Kier alpha value is -4.54. The lowest BCUT2D eigenvalue weighted by Gasteiger charge is -2.53. The van der Waals surface area contributed by atoms with Crippen LogP contribution in [0.15, 0.2) is 65.2 Å². The number of likely N-dealkylation sites (tertiary alicyclic amines) is 2. The van der Waals surface area contributed by atoms with Crippen molar-refractivity contribution in [2.75, 3.05) is 55.6 Å². The Morgan fingerprint density at radius 2 is 1.29 bits per heavy atom. The van der Waals surface area contributed by atoms with Gasteiger partial charge in [-0.1, -0.05) is 6.07 Å². The van der Waals surface area contributed by atoms with Crippen molar-refractivity contribution in [3.8, 4) is 28.7 Å². The molecule has 0 radical (unpaired) electrons. The lowest BCUT2D eigenvalue weighted by molar-refractivity contribution is -0.115. The number of benzene rings is 2. The van der Waals surface area contributed by atoms with Gasteiger partial charge in [0, 0.05) is 45.7 Å². The number of phenols is 1. The molecule has 4 bridgehead atoms. The minimum absolute atomic E-state index is 0.0253. The number of carbonyl (C=O) groups is 2. The van der Waals surface area contributed by atoms with Crippen LogP contribution in [0.4, 0.5) is 0 Å². The molecule has 2 fully saturated rings. The Labute approximate surface area is 279 Å². The van der Waals surface area contributed by atoms with Gasteiger partial charge in [-0.2, -0.15) is 0 Å². The van der Waals surface area contributed by atoms with Crippen LogP contribution in [0, 0.1) is 0 Å². The first-order valence-electron chi connectivity index (χ1n) is 16.4.